The largest absolute Gasteiger partial charge is 0.341 e. The number of nitrogens with zero attached hydrogens (tertiary/aromatic N) is 2. The molecule has 0 aliphatic heterocycles. The van der Waals surface area contributed by atoms with Gasteiger partial charge in [-0.3, -0.25) is 9.59 Å². The first-order chi connectivity index (χ1) is 13.5. The fourth-order valence-corrected chi connectivity index (χ4v) is 3.00. The first-order valence-corrected chi connectivity index (χ1v) is 9.20. The molecule has 0 aliphatic rings. The molecule has 0 saturated carbocycles. The maximum absolute atomic E-state index is 12.5. The maximum atomic E-state index is 12.5. The molecule has 0 atom stereocenters. The fraction of sp³-hybridized carbons (Fsp3) is 0.174. The van der Waals surface area contributed by atoms with E-state index < -0.39 is 0 Å². The lowest BCUT2D eigenvalue weighted by atomic mass is 10.1. The van der Waals surface area contributed by atoms with Crippen LogP contribution in [0.5, 0.6) is 0 Å². The van der Waals surface area contributed by atoms with Gasteiger partial charge in [-0.2, -0.15) is 0 Å². The Labute approximate surface area is 165 Å². The van der Waals surface area contributed by atoms with Crippen molar-refractivity contribution in [2.75, 3.05) is 16.8 Å². The number of benzene rings is 2. The molecule has 5 heteroatoms. The highest BCUT2D eigenvalue weighted by Gasteiger charge is 2.12. The van der Waals surface area contributed by atoms with Crippen molar-refractivity contribution in [1.29, 1.82) is 0 Å². The molecule has 0 aliphatic carbocycles. The number of pyridine rings is 1. The van der Waals surface area contributed by atoms with Crippen molar-refractivity contribution < 1.29 is 9.59 Å². The Bertz CT molecular complexity index is 997. The van der Waals surface area contributed by atoms with Gasteiger partial charge in [0.15, 0.2) is 5.78 Å². The van der Waals surface area contributed by atoms with Crippen molar-refractivity contribution in [3.63, 3.8) is 0 Å². The Morgan fingerprint density at radius 2 is 1.79 bits per heavy atom. The lowest BCUT2D eigenvalue weighted by Gasteiger charge is -2.23. The Hall–Kier alpha value is -3.47. The molecule has 0 spiro atoms. The van der Waals surface area contributed by atoms with Crippen LogP contribution in [0.3, 0.4) is 0 Å². The van der Waals surface area contributed by atoms with E-state index in [0.29, 0.717) is 16.9 Å². The van der Waals surface area contributed by atoms with Crippen LogP contribution in [0.1, 0.15) is 40.3 Å². The zero-order valence-electron chi connectivity index (χ0n) is 16.3. The average molecular weight is 373 g/mol. The molecule has 3 rings (SSSR count). The molecule has 1 amide bonds. The van der Waals surface area contributed by atoms with Crippen LogP contribution in [0.2, 0.25) is 0 Å². The van der Waals surface area contributed by atoms with Gasteiger partial charge in [-0.05, 0) is 62.7 Å². The Morgan fingerprint density at radius 1 is 1.00 bits per heavy atom. The lowest BCUT2D eigenvalue weighted by molar-refractivity contribution is 0.100. The molecule has 0 unspecified atom stereocenters. The summed E-state index contributed by atoms with van der Waals surface area (Å²) in [5.41, 5.74) is 4.63. The summed E-state index contributed by atoms with van der Waals surface area (Å²) in [7, 11) is 0. The van der Waals surface area contributed by atoms with Crippen LogP contribution in [0, 0.1) is 6.92 Å². The van der Waals surface area contributed by atoms with E-state index in [2.05, 4.69) is 47.2 Å². The Balaban J connectivity index is 1.77. The maximum Gasteiger partial charge on any atom is 0.274 e. The second-order valence-electron chi connectivity index (χ2n) is 6.58. The van der Waals surface area contributed by atoms with Gasteiger partial charge in [0.05, 0.1) is 11.9 Å². The first kappa shape index (κ1) is 19.3. The monoisotopic (exact) mass is 373 g/mol. The SMILES string of the molecule is CCN(c1ccc(C(=O)Nc2cccc(C(C)=O)c2)nc1)c1cccc(C)c1. The van der Waals surface area contributed by atoms with Gasteiger partial charge in [0.2, 0.25) is 0 Å². The molecule has 0 fully saturated rings. The van der Waals surface area contributed by atoms with E-state index >= 15 is 0 Å². The van der Waals surface area contributed by atoms with Gasteiger partial charge < -0.3 is 10.2 Å². The number of aromatic nitrogens is 1. The van der Waals surface area contributed by atoms with Crippen LogP contribution in [-0.2, 0) is 0 Å². The Kier molecular flexibility index (Phi) is 5.84. The molecule has 2 aromatic carbocycles. The van der Waals surface area contributed by atoms with Crippen molar-refractivity contribution in [1.82, 2.24) is 4.98 Å². The van der Waals surface area contributed by atoms with E-state index in [0.717, 1.165) is 17.9 Å². The molecule has 1 aromatic heterocycles. The summed E-state index contributed by atoms with van der Waals surface area (Å²) in [6.45, 7) is 6.42. The van der Waals surface area contributed by atoms with Crippen molar-refractivity contribution in [3.05, 3.63) is 83.7 Å². The minimum absolute atomic E-state index is 0.0469. The van der Waals surface area contributed by atoms with Gasteiger partial charge >= 0.3 is 0 Å². The van der Waals surface area contributed by atoms with Gasteiger partial charge in [-0.15, -0.1) is 0 Å². The molecule has 1 N–H and O–H groups in total. The van der Waals surface area contributed by atoms with E-state index in [9.17, 15) is 9.59 Å². The van der Waals surface area contributed by atoms with Crippen LogP contribution >= 0.6 is 0 Å². The quantitative estimate of drug-likeness (QED) is 0.618. The van der Waals surface area contributed by atoms with Crippen LogP contribution in [-0.4, -0.2) is 23.2 Å². The van der Waals surface area contributed by atoms with Gasteiger partial charge in [0, 0.05) is 23.5 Å². The third-order valence-electron chi connectivity index (χ3n) is 4.45. The summed E-state index contributed by atoms with van der Waals surface area (Å²) in [6.07, 6.45) is 1.70. The van der Waals surface area contributed by atoms with Gasteiger partial charge in [0.1, 0.15) is 5.69 Å². The molecule has 0 bridgehead atoms. The number of hydrogen-bond donors (Lipinski definition) is 1. The van der Waals surface area contributed by atoms with Gasteiger partial charge in [-0.25, -0.2) is 4.98 Å². The highest BCUT2D eigenvalue weighted by molar-refractivity contribution is 6.04. The normalized spacial score (nSPS) is 10.4. The predicted octanol–water partition coefficient (Wildman–Crippen LogP) is 5.00. The molecule has 0 saturated heterocycles. The van der Waals surface area contributed by atoms with E-state index in [1.807, 2.05) is 12.1 Å². The minimum Gasteiger partial charge on any atom is -0.341 e. The average Bonchev–Trinajstić information content (AvgIpc) is 2.69. The smallest absolute Gasteiger partial charge is 0.274 e. The number of nitrogens with one attached hydrogen (secondary N) is 1. The number of ketones is 1. The summed E-state index contributed by atoms with van der Waals surface area (Å²) in [5.74, 6) is -0.361. The van der Waals surface area contributed by atoms with Crippen molar-refractivity contribution >= 4 is 28.8 Å². The number of rotatable bonds is 6. The first-order valence-electron chi connectivity index (χ1n) is 9.20. The molecule has 142 valence electrons. The van der Waals surface area contributed by atoms with Crippen molar-refractivity contribution in [3.8, 4) is 0 Å². The van der Waals surface area contributed by atoms with Crippen molar-refractivity contribution in [2.24, 2.45) is 0 Å². The third kappa shape index (κ3) is 4.43. The minimum atomic E-state index is -0.314. The van der Waals surface area contributed by atoms with Crippen LogP contribution in [0.4, 0.5) is 17.1 Å². The molecular formula is C23H23N3O2. The van der Waals surface area contributed by atoms with Crippen LogP contribution in [0.15, 0.2) is 66.9 Å². The summed E-state index contributed by atoms with van der Waals surface area (Å²) in [6, 6.07) is 18.7. The molecule has 28 heavy (non-hydrogen) atoms. The number of amides is 1. The standard InChI is InChI=1S/C23H23N3O2/c1-4-26(20-10-5-7-16(2)13-20)21-11-12-22(24-15-21)23(28)25-19-9-6-8-18(14-19)17(3)27/h5-15H,4H2,1-3H3,(H,25,28). The molecule has 3 aromatic rings. The third-order valence-corrected chi connectivity index (χ3v) is 4.45. The predicted molar refractivity (Wildman–Crippen MR) is 112 cm³/mol. The summed E-state index contributed by atoms with van der Waals surface area (Å²) < 4.78 is 0. The summed E-state index contributed by atoms with van der Waals surface area (Å²) in [5, 5.41) is 2.79. The molecule has 0 radical (unpaired) electrons. The second-order valence-corrected chi connectivity index (χ2v) is 6.58. The zero-order valence-corrected chi connectivity index (χ0v) is 16.3. The number of carbonyl (C=O) groups is 2. The number of hydrogen-bond acceptors (Lipinski definition) is 4. The highest BCUT2D eigenvalue weighted by atomic mass is 16.2. The highest BCUT2D eigenvalue weighted by Crippen LogP contribution is 2.25. The Morgan fingerprint density at radius 3 is 2.43 bits per heavy atom. The topological polar surface area (TPSA) is 62.3 Å². The summed E-state index contributed by atoms with van der Waals surface area (Å²) in [4.78, 5) is 30.4. The van der Waals surface area contributed by atoms with Crippen molar-refractivity contribution in [2.45, 2.75) is 20.8 Å². The zero-order chi connectivity index (χ0) is 20.1. The fourth-order valence-electron chi connectivity index (χ4n) is 3.00. The van der Waals surface area contributed by atoms with Gasteiger partial charge in [-0.1, -0.05) is 24.3 Å². The number of anilines is 3. The molecule has 5 nitrogen and oxygen atoms in total. The summed E-state index contributed by atoms with van der Waals surface area (Å²) >= 11 is 0. The van der Waals surface area contributed by atoms with Crippen LogP contribution < -0.4 is 10.2 Å². The van der Waals surface area contributed by atoms with E-state index in [4.69, 9.17) is 0 Å². The number of aryl methyl sites for hydroxylation is 1. The van der Waals surface area contributed by atoms with Crippen LogP contribution in [0.25, 0.3) is 0 Å². The van der Waals surface area contributed by atoms with E-state index in [1.54, 1.807) is 36.5 Å². The van der Waals surface area contributed by atoms with E-state index in [-0.39, 0.29) is 11.7 Å². The molecular weight excluding hydrogens is 350 g/mol. The molecule has 1 heterocycles. The second kappa shape index (κ2) is 8.48. The van der Waals surface area contributed by atoms with E-state index in [1.165, 1.54) is 12.5 Å². The van der Waals surface area contributed by atoms with Gasteiger partial charge in [0.25, 0.3) is 5.91 Å². The number of Topliss-reactive ketones (excluding diaryl/α,β-unsaturated/α-hetero) is 1. The lowest BCUT2D eigenvalue weighted by Crippen LogP contribution is -2.18. The number of carbonyl (C=O) groups excluding carboxylic acids is 2.